The zero-order valence-electron chi connectivity index (χ0n) is 12.1. The summed E-state index contributed by atoms with van der Waals surface area (Å²) in [6, 6.07) is 5.33. The molecular formula is C14H14ClN5O2. The molecule has 0 saturated heterocycles. The number of amides is 1. The van der Waals surface area contributed by atoms with Crippen LogP contribution in [0.4, 0.5) is 0 Å². The number of pyridine rings is 1. The van der Waals surface area contributed by atoms with Crippen molar-refractivity contribution in [3.8, 4) is 0 Å². The van der Waals surface area contributed by atoms with Crippen molar-refractivity contribution in [3.05, 3.63) is 46.7 Å². The van der Waals surface area contributed by atoms with E-state index in [1.165, 1.54) is 0 Å². The largest absolute Gasteiger partial charge is 0.346 e. The molecule has 3 rings (SSSR count). The van der Waals surface area contributed by atoms with Gasteiger partial charge in [0, 0.05) is 11.8 Å². The topological polar surface area (TPSA) is 85.3 Å². The third-order valence-electron chi connectivity index (χ3n) is 3.38. The van der Waals surface area contributed by atoms with Gasteiger partial charge >= 0.3 is 0 Å². The lowest BCUT2D eigenvalue weighted by molar-refractivity contribution is -0.121. The number of halogens is 1. The van der Waals surface area contributed by atoms with Crippen molar-refractivity contribution >= 4 is 23.2 Å². The zero-order chi connectivity index (χ0) is 15.7. The second kappa shape index (κ2) is 5.76. The van der Waals surface area contributed by atoms with E-state index < -0.39 is 0 Å². The number of rotatable bonds is 4. The van der Waals surface area contributed by atoms with Crippen LogP contribution in [-0.2, 0) is 11.2 Å². The molecule has 3 heterocycles. The van der Waals surface area contributed by atoms with Crippen LogP contribution in [0.15, 0.2) is 28.9 Å². The molecule has 3 aromatic heterocycles. The highest BCUT2D eigenvalue weighted by Gasteiger charge is 2.19. The van der Waals surface area contributed by atoms with Crippen molar-refractivity contribution in [2.24, 2.45) is 0 Å². The van der Waals surface area contributed by atoms with Crippen LogP contribution in [0, 0.1) is 6.92 Å². The van der Waals surface area contributed by atoms with Crippen molar-refractivity contribution in [1.82, 2.24) is 25.1 Å². The molecule has 8 heteroatoms. The Morgan fingerprint density at radius 3 is 3.00 bits per heavy atom. The van der Waals surface area contributed by atoms with Crippen molar-refractivity contribution < 1.29 is 9.32 Å². The summed E-state index contributed by atoms with van der Waals surface area (Å²) in [6.45, 7) is 3.59. The first-order chi connectivity index (χ1) is 10.6. The average molecular weight is 320 g/mol. The van der Waals surface area contributed by atoms with E-state index in [0.29, 0.717) is 17.1 Å². The van der Waals surface area contributed by atoms with Crippen LogP contribution in [0.1, 0.15) is 30.0 Å². The quantitative estimate of drug-likeness (QED) is 0.796. The molecule has 0 fully saturated rings. The molecule has 0 aliphatic carbocycles. The molecule has 1 atom stereocenters. The molecule has 114 valence electrons. The Labute approximate surface area is 131 Å². The minimum atomic E-state index is -0.288. The lowest BCUT2D eigenvalue weighted by Crippen LogP contribution is -2.29. The first-order valence-electron chi connectivity index (χ1n) is 6.76. The summed E-state index contributed by atoms with van der Waals surface area (Å²) in [5.74, 6) is 0.477. The fourth-order valence-corrected chi connectivity index (χ4v) is 2.47. The molecule has 7 nitrogen and oxygen atoms in total. The van der Waals surface area contributed by atoms with Crippen molar-refractivity contribution in [1.29, 1.82) is 0 Å². The predicted molar refractivity (Wildman–Crippen MR) is 79.5 cm³/mol. The summed E-state index contributed by atoms with van der Waals surface area (Å²) >= 11 is 5.87. The molecule has 0 aliphatic rings. The minimum Gasteiger partial charge on any atom is -0.346 e. The monoisotopic (exact) mass is 319 g/mol. The first kappa shape index (κ1) is 14.5. The predicted octanol–water partition coefficient (Wildman–Crippen LogP) is 2.10. The van der Waals surface area contributed by atoms with E-state index in [4.69, 9.17) is 16.1 Å². The van der Waals surface area contributed by atoms with Gasteiger partial charge in [-0.1, -0.05) is 11.2 Å². The second-order valence-corrected chi connectivity index (χ2v) is 5.32. The van der Waals surface area contributed by atoms with E-state index in [1.807, 2.05) is 35.7 Å². The SMILES string of the molecule is Cc1noc(Cl)c1CC(=O)N[C@H](C)c1nnc2ccccn12. The van der Waals surface area contributed by atoms with Crippen LogP contribution in [0.2, 0.25) is 5.22 Å². The number of hydrogen-bond donors (Lipinski definition) is 1. The molecule has 22 heavy (non-hydrogen) atoms. The van der Waals surface area contributed by atoms with E-state index in [9.17, 15) is 4.79 Å². The third-order valence-corrected chi connectivity index (χ3v) is 3.68. The van der Waals surface area contributed by atoms with E-state index in [1.54, 1.807) is 6.92 Å². The lowest BCUT2D eigenvalue weighted by Gasteiger charge is -2.12. The smallest absolute Gasteiger partial charge is 0.229 e. The standard InChI is InChI=1S/C14H14ClN5O2/c1-8-10(13(15)22-19-8)7-12(21)16-9(2)14-18-17-11-5-3-4-6-20(11)14/h3-6,9H,7H2,1-2H3,(H,16,21)/t9-/m1/s1. The maximum absolute atomic E-state index is 12.2. The van der Waals surface area contributed by atoms with Crippen LogP contribution in [-0.4, -0.2) is 25.7 Å². The number of aromatic nitrogens is 4. The zero-order valence-corrected chi connectivity index (χ0v) is 12.8. The normalized spacial score (nSPS) is 12.5. The van der Waals surface area contributed by atoms with Gasteiger partial charge in [0.1, 0.15) is 0 Å². The highest BCUT2D eigenvalue weighted by atomic mass is 35.5. The summed E-state index contributed by atoms with van der Waals surface area (Å²) in [7, 11) is 0. The van der Waals surface area contributed by atoms with Gasteiger partial charge in [-0.25, -0.2) is 0 Å². The minimum absolute atomic E-state index is 0.106. The molecule has 0 aromatic carbocycles. The van der Waals surface area contributed by atoms with Crippen LogP contribution < -0.4 is 5.32 Å². The van der Waals surface area contributed by atoms with Gasteiger partial charge < -0.3 is 9.84 Å². The van der Waals surface area contributed by atoms with Crippen LogP contribution >= 0.6 is 11.6 Å². The summed E-state index contributed by atoms with van der Waals surface area (Å²) in [4.78, 5) is 12.2. The molecule has 1 amide bonds. The molecule has 3 aromatic rings. The van der Waals surface area contributed by atoms with Gasteiger partial charge in [-0.15, -0.1) is 10.2 Å². The van der Waals surface area contributed by atoms with Crippen LogP contribution in [0.3, 0.4) is 0 Å². The summed E-state index contributed by atoms with van der Waals surface area (Å²) < 4.78 is 6.68. The molecule has 0 saturated carbocycles. The van der Waals surface area contributed by atoms with Gasteiger partial charge in [0.2, 0.25) is 11.1 Å². The number of aryl methyl sites for hydroxylation is 1. The van der Waals surface area contributed by atoms with Crippen molar-refractivity contribution in [3.63, 3.8) is 0 Å². The van der Waals surface area contributed by atoms with Gasteiger partial charge in [-0.3, -0.25) is 9.20 Å². The Bertz CT molecular complexity index is 806. The van der Waals surface area contributed by atoms with E-state index in [-0.39, 0.29) is 23.6 Å². The molecular weight excluding hydrogens is 306 g/mol. The third kappa shape index (κ3) is 2.67. The second-order valence-electron chi connectivity index (χ2n) is 4.97. The fraction of sp³-hybridized carbons (Fsp3) is 0.286. The van der Waals surface area contributed by atoms with E-state index >= 15 is 0 Å². The molecule has 0 aliphatic heterocycles. The van der Waals surface area contributed by atoms with Gasteiger partial charge in [-0.2, -0.15) is 0 Å². The molecule has 0 radical (unpaired) electrons. The van der Waals surface area contributed by atoms with Gasteiger partial charge in [0.05, 0.1) is 18.2 Å². The fourth-order valence-electron chi connectivity index (χ4n) is 2.23. The Balaban J connectivity index is 1.74. The van der Waals surface area contributed by atoms with Gasteiger partial charge in [0.15, 0.2) is 11.5 Å². The Kier molecular flexibility index (Phi) is 3.81. The summed E-state index contributed by atoms with van der Waals surface area (Å²) in [5.41, 5.74) is 1.94. The average Bonchev–Trinajstić information content (AvgIpc) is 3.05. The molecule has 0 spiro atoms. The number of nitrogens with one attached hydrogen (secondary N) is 1. The van der Waals surface area contributed by atoms with E-state index in [2.05, 4.69) is 20.7 Å². The van der Waals surface area contributed by atoms with Crippen LogP contribution in [0.25, 0.3) is 5.65 Å². The number of fused-ring (bicyclic) bond motifs is 1. The Morgan fingerprint density at radius 2 is 2.27 bits per heavy atom. The maximum Gasteiger partial charge on any atom is 0.229 e. The number of carbonyl (C=O) groups is 1. The number of hydrogen-bond acceptors (Lipinski definition) is 5. The van der Waals surface area contributed by atoms with E-state index in [0.717, 1.165) is 5.65 Å². The summed E-state index contributed by atoms with van der Waals surface area (Å²) in [5, 5.41) is 14.9. The Morgan fingerprint density at radius 1 is 1.45 bits per heavy atom. The highest BCUT2D eigenvalue weighted by Crippen LogP contribution is 2.20. The number of nitrogens with zero attached hydrogens (tertiary/aromatic N) is 4. The molecule has 1 N–H and O–H groups in total. The first-order valence-corrected chi connectivity index (χ1v) is 7.13. The summed E-state index contributed by atoms with van der Waals surface area (Å²) in [6.07, 6.45) is 1.96. The lowest BCUT2D eigenvalue weighted by atomic mass is 10.2. The number of carbonyl (C=O) groups excluding carboxylic acids is 1. The van der Waals surface area contributed by atoms with Gasteiger partial charge in [0.25, 0.3) is 0 Å². The maximum atomic E-state index is 12.2. The highest BCUT2D eigenvalue weighted by molar-refractivity contribution is 6.29. The van der Waals surface area contributed by atoms with Gasteiger partial charge in [-0.05, 0) is 37.6 Å². The van der Waals surface area contributed by atoms with Crippen LogP contribution in [0.5, 0.6) is 0 Å². The molecule has 0 unspecified atom stereocenters. The van der Waals surface area contributed by atoms with Crippen molar-refractivity contribution in [2.45, 2.75) is 26.3 Å². The Hall–Kier alpha value is -2.41. The van der Waals surface area contributed by atoms with Crippen molar-refractivity contribution in [2.75, 3.05) is 0 Å². The molecule has 0 bridgehead atoms.